The summed E-state index contributed by atoms with van der Waals surface area (Å²) in [5.74, 6) is 0.246. The maximum Gasteiger partial charge on any atom is 0.348 e. The minimum Gasteiger partial charge on any atom is -0.396 e. The van der Waals surface area contributed by atoms with Crippen LogP contribution in [0.1, 0.15) is 12.0 Å². The van der Waals surface area contributed by atoms with Gasteiger partial charge in [0.2, 0.25) is 0 Å². The third-order valence-corrected chi connectivity index (χ3v) is 3.28. The molecule has 0 saturated heterocycles. The lowest BCUT2D eigenvalue weighted by Gasteiger charge is -2.11. The summed E-state index contributed by atoms with van der Waals surface area (Å²) in [5.41, 5.74) is -0.626. The summed E-state index contributed by atoms with van der Waals surface area (Å²) in [6.45, 7) is 1.48. The van der Waals surface area contributed by atoms with Crippen molar-refractivity contribution in [3.63, 3.8) is 0 Å². The summed E-state index contributed by atoms with van der Waals surface area (Å²) in [4.78, 5) is 42.3. The predicted octanol–water partition coefficient (Wildman–Crippen LogP) is -0.465. The Morgan fingerprint density at radius 2 is 2.10 bits per heavy atom. The number of H-pyrrole nitrogens is 1. The van der Waals surface area contributed by atoms with Gasteiger partial charge < -0.3 is 19.5 Å². The van der Waals surface area contributed by atoms with Crippen molar-refractivity contribution in [2.45, 2.75) is 19.9 Å². The van der Waals surface area contributed by atoms with Crippen molar-refractivity contribution in [1.29, 1.82) is 0 Å². The number of rotatable bonds is 6. The Bertz CT molecular complexity index is 641. The number of nitrogens with one attached hydrogen (secondary N) is 1. The van der Waals surface area contributed by atoms with Gasteiger partial charge in [-0.25, -0.2) is 4.79 Å². The maximum atomic E-state index is 11.5. The Balaban J connectivity index is 2.77. The van der Waals surface area contributed by atoms with Crippen molar-refractivity contribution in [1.82, 2.24) is 9.55 Å². The van der Waals surface area contributed by atoms with E-state index >= 15 is 0 Å². The van der Waals surface area contributed by atoms with Crippen LogP contribution in [0.3, 0.4) is 0 Å². The molecule has 4 N–H and O–H groups in total. The topological polar surface area (TPSA) is 133 Å². The van der Waals surface area contributed by atoms with Crippen LogP contribution in [0.25, 0.3) is 0 Å². The lowest BCUT2D eigenvalue weighted by atomic mass is 10.1. The molecule has 9 heteroatoms. The van der Waals surface area contributed by atoms with E-state index < -0.39 is 24.8 Å². The lowest BCUT2D eigenvalue weighted by Crippen LogP contribution is -2.31. The van der Waals surface area contributed by atoms with Crippen molar-refractivity contribution >= 4 is 7.60 Å². The Labute approximate surface area is 114 Å². The molecule has 0 aliphatic rings. The van der Waals surface area contributed by atoms with Gasteiger partial charge in [0.25, 0.3) is 5.56 Å². The number of aliphatic hydroxyl groups excluding tert-OH is 1. The molecule has 1 aromatic heterocycles. The standard InChI is InChI=1S/C11H17N2O6P/c1-8-6-13(11(16)12-10(8)15)4-2-9(7-14)3-5-20(17,18)19/h3,5-6,9,14H,2,4,7H2,1H3,(H,12,15,16)(H2,17,18,19)/b5-3+. The van der Waals surface area contributed by atoms with E-state index in [1.165, 1.54) is 16.8 Å². The van der Waals surface area contributed by atoms with Crippen LogP contribution in [0.5, 0.6) is 0 Å². The van der Waals surface area contributed by atoms with Gasteiger partial charge in [-0.2, -0.15) is 0 Å². The fourth-order valence-electron chi connectivity index (χ4n) is 1.57. The van der Waals surface area contributed by atoms with Crippen molar-refractivity contribution in [3.05, 3.63) is 44.5 Å². The average molecular weight is 304 g/mol. The molecule has 0 fully saturated rings. The summed E-state index contributed by atoms with van der Waals surface area (Å²) in [7, 11) is -4.26. The van der Waals surface area contributed by atoms with E-state index in [9.17, 15) is 14.2 Å². The van der Waals surface area contributed by atoms with E-state index in [0.29, 0.717) is 12.0 Å². The number of aromatic amines is 1. The van der Waals surface area contributed by atoms with E-state index in [0.717, 1.165) is 5.82 Å². The lowest BCUT2D eigenvalue weighted by molar-refractivity contribution is 0.241. The van der Waals surface area contributed by atoms with Crippen molar-refractivity contribution < 1.29 is 19.5 Å². The number of hydrogen-bond donors (Lipinski definition) is 4. The van der Waals surface area contributed by atoms with Gasteiger partial charge in [-0.3, -0.25) is 14.3 Å². The smallest absolute Gasteiger partial charge is 0.348 e. The van der Waals surface area contributed by atoms with E-state index in [2.05, 4.69) is 4.98 Å². The zero-order valence-electron chi connectivity index (χ0n) is 10.9. The summed E-state index contributed by atoms with van der Waals surface area (Å²) in [6.07, 6.45) is 2.94. The Morgan fingerprint density at radius 3 is 2.65 bits per heavy atom. The molecule has 0 saturated carbocycles. The molecule has 112 valence electrons. The molecule has 1 heterocycles. The van der Waals surface area contributed by atoms with Gasteiger partial charge in [0.05, 0.1) is 0 Å². The normalized spacial score (nSPS) is 13.8. The van der Waals surface area contributed by atoms with Gasteiger partial charge in [-0.05, 0) is 13.3 Å². The van der Waals surface area contributed by atoms with Crippen LogP contribution in [0.15, 0.2) is 27.7 Å². The summed E-state index contributed by atoms with van der Waals surface area (Å²) in [6, 6.07) is 0. The highest BCUT2D eigenvalue weighted by Crippen LogP contribution is 2.36. The van der Waals surface area contributed by atoms with Crippen LogP contribution in [-0.2, 0) is 11.1 Å². The van der Waals surface area contributed by atoms with Crippen LogP contribution in [-0.4, -0.2) is 31.1 Å². The molecule has 0 bridgehead atoms. The molecule has 0 aliphatic heterocycles. The first-order chi connectivity index (χ1) is 9.23. The zero-order valence-corrected chi connectivity index (χ0v) is 11.8. The molecule has 0 amide bonds. The highest BCUT2D eigenvalue weighted by Gasteiger charge is 2.10. The molecular formula is C11H17N2O6P. The van der Waals surface area contributed by atoms with E-state index in [1.807, 2.05) is 0 Å². The fraction of sp³-hybridized carbons (Fsp3) is 0.455. The Hall–Kier alpha value is -1.47. The quantitative estimate of drug-likeness (QED) is 0.525. The van der Waals surface area contributed by atoms with Gasteiger partial charge in [0.1, 0.15) is 0 Å². The summed E-state index contributed by atoms with van der Waals surface area (Å²) >= 11 is 0. The monoisotopic (exact) mass is 304 g/mol. The average Bonchev–Trinajstić information content (AvgIpc) is 2.34. The SMILES string of the molecule is Cc1cn(CCC(/C=C/P(=O)(O)O)CO)c(=O)[nH]c1=O. The first kappa shape index (κ1) is 16.6. The zero-order chi connectivity index (χ0) is 15.3. The molecule has 1 aromatic rings. The van der Waals surface area contributed by atoms with Crippen molar-refractivity contribution in [2.24, 2.45) is 5.92 Å². The largest absolute Gasteiger partial charge is 0.396 e. The van der Waals surface area contributed by atoms with E-state index in [1.54, 1.807) is 6.92 Å². The van der Waals surface area contributed by atoms with Gasteiger partial charge in [-0.15, -0.1) is 0 Å². The van der Waals surface area contributed by atoms with Crippen molar-refractivity contribution in [3.8, 4) is 0 Å². The first-order valence-corrected chi connectivity index (χ1v) is 7.57. The number of nitrogens with zero attached hydrogens (tertiary/aromatic N) is 1. The van der Waals surface area contributed by atoms with Gasteiger partial charge in [0.15, 0.2) is 0 Å². The van der Waals surface area contributed by atoms with Crippen LogP contribution >= 0.6 is 7.60 Å². The molecule has 8 nitrogen and oxygen atoms in total. The summed E-state index contributed by atoms with van der Waals surface area (Å²) in [5, 5.41) is 9.12. The molecular weight excluding hydrogens is 287 g/mol. The molecule has 0 spiro atoms. The number of hydrogen-bond acceptors (Lipinski definition) is 4. The minimum absolute atomic E-state index is 0.215. The van der Waals surface area contributed by atoms with Crippen LogP contribution in [0.2, 0.25) is 0 Å². The molecule has 0 aromatic carbocycles. The molecule has 1 atom stereocenters. The van der Waals surface area contributed by atoms with E-state index in [4.69, 9.17) is 14.9 Å². The molecule has 20 heavy (non-hydrogen) atoms. The second-order valence-corrected chi connectivity index (χ2v) is 5.90. The Morgan fingerprint density at radius 1 is 1.45 bits per heavy atom. The maximum absolute atomic E-state index is 11.5. The van der Waals surface area contributed by atoms with Gasteiger partial charge in [0, 0.05) is 36.6 Å². The van der Waals surface area contributed by atoms with Gasteiger partial charge >= 0.3 is 13.3 Å². The van der Waals surface area contributed by atoms with Crippen molar-refractivity contribution in [2.75, 3.05) is 6.61 Å². The number of aryl methyl sites for hydroxylation is 2. The Kier molecular flexibility index (Phi) is 5.64. The molecule has 1 rings (SSSR count). The molecule has 0 radical (unpaired) electrons. The molecule has 1 unspecified atom stereocenters. The second-order valence-electron chi connectivity index (χ2n) is 4.43. The van der Waals surface area contributed by atoms with E-state index in [-0.39, 0.29) is 13.2 Å². The fourth-order valence-corrected chi connectivity index (χ4v) is 2.04. The third kappa shape index (κ3) is 5.26. The predicted molar refractivity (Wildman–Crippen MR) is 72.4 cm³/mol. The molecule has 0 aliphatic carbocycles. The van der Waals surface area contributed by atoms with Gasteiger partial charge in [-0.1, -0.05) is 6.08 Å². The highest BCUT2D eigenvalue weighted by molar-refractivity contribution is 7.55. The van der Waals surface area contributed by atoms with Crippen LogP contribution in [0.4, 0.5) is 0 Å². The first-order valence-electron chi connectivity index (χ1n) is 5.89. The second kappa shape index (κ2) is 6.81. The van der Waals surface area contributed by atoms with Crippen LogP contribution in [0, 0.1) is 12.8 Å². The summed E-state index contributed by atoms with van der Waals surface area (Å²) < 4.78 is 12.0. The number of aromatic nitrogens is 2. The third-order valence-electron chi connectivity index (χ3n) is 2.72. The number of aliphatic hydroxyl groups is 1. The highest BCUT2D eigenvalue weighted by atomic mass is 31.2. The minimum atomic E-state index is -4.26. The van der Waals surface area contributed by atoms with Crippen LogP contribution < -0.4 is 11.2 Å².